The summed E-state index contributed by atoms with van der Waals surface area (Å²) < 4.78 is 42.9. The second-order valence-electron chi connectivity index (χ2n) is 4.91. The standard InChI is InChI=1S/C14H14F3N3O3/c1-8(5-10-3-2-4-23-10)19-13(22)20-11-6-9(14(15,16)17)7-18-12(11)21/h2-4,6-8H,5H2,1H3,(H,18,21)(H2,19,20,22)/t8-/m0/s1. The molecule has 0 saturated heterocycles. The van der Waals surface area contributed by atoms with Crippen LogP contribution in [-0.4, -0.2) is 17.1 Å². The average Bonchev–Trinajstić information content (AvgIpc) is 2.92. The number of rotatable bonds is 4. The average molecular weight is 329 g/mol. The molecule has 0 aliphatic heterocycles. The van der Waals surface area contributed by atoms with Crippen molar-refractivity contribution in [3.8, 4) is 0 Å². The number of pyridine rings is 1. The summed E-state index contributed by atoms with van der Waals surface area (Å²) in [6, 6.07) is 2.88. The van der Waals surface area contributed by atoms with Gasteiger partial charge in [-0.25, -0.2) is 4.79 Å². The van der Waals surface area contributed by atoms with Crippen LogP contribution in [0.5, 0.6) is 0 Å². The van der Waals surface area contributed by atoms with Gasteiger partial charge in [0.15, 0.2) is 0 Å². The molecular weight excluding hydrogens is 315 g/mol. The minimum Gasteiger partial charge on any atom is -0.469 e. The Balaban J connectivity index is 2.01. The highest BCUT2D eigenvalue weighted by Crippen LogP contribution is 2.29. The smallest absolute Gasteiger partial charge is 0.417 e. The number of hydrogen-bond donors (Lipinski definition) is 3. The summed E-state index contributed by atoms with van der Waals surface area (Å²) >= 11 is 0. The lowest BCUT2D eigenvalue weighted by atomic mass is 10.2. The van der Waals surface area contributed by atoms with Crippen LogP contribution in [0.3, 0.4) is 0 Å². The molecule has 0 spiro atoms. The van der Waals surface area contributed by atoms with Crippen LogP contribution in [0.15, 0.2) is 39.9 Å². The first kappa shape index (κ1) is 16.7. The predicted molar refractivity (Wildman–Crippen MR) is 76.1 cm³/mol. The van der Waals surface area contributed by atoms with Crippen molar-refractivity contribution in [3.63, 3.8) is 0 Å². The minimum atomic E-state index is -4.62. The van der Waals surface area contributed by atoms with Crippen molar-refractivity contribution in [2.24, 2.45) is 0 Å². The number of amides is 2. The van der Waals surface area contributed by atoms with E-state index in [1.807, 2.05) is 4.98 Å². The summed E-state index contributed by atoms with van der Waals surface area (Å²) in [6.07, 6.45) is -2.18. The van der Waals surface area contributed by atoms with E-state index in [-0.39, 0.29) is 6.04 Å². The Bertz CT molecular complexity index is 723. The van der Waals surface area contributed by atoms with Crippen molar-refractivity contribution in [1.29, 1.82) is 0 Å². The zero-order valence-electron chi connectivity index (χ0n) is 12.0. The quantitative estimate of drug-likeness (QED) is 0.806. The molecule has 1 atom stereocenters. The van der Waals surface area contributed by atoms with E-state index < -0.39 is 29.0 Å². The van der Waals surface area contributed by atoms with Gasteiger partial charge in [0.05, 0.1) is 11.8 Å². The van der Waals surface area contributed by atoms with Crippen LogP contribution in [0.2, 0.25) is 0 Å². The highest BCUT2D eigenvalue weighted by Gasteiger charge is 2.31. The maximum atomic E-state index is 12.6. The number of halogens is 3. The second-order valence-corrected chi connectivity index (χ2v) is 4.91. The Morgan fingerprint density at radius 2 is 2.17 bits per heavy atom. The molecule has 0 aliphatic rings. The van der Waals surface area contributed by atoms with Crippen molar-refractivity contribution >= 4 is 11.7 Å². The van der Waals surface area contributed by atoms with Crippen molar-refractivity contribution in [1.82, 2.24) is 10.3 Å². The fraction of sp³-hybridized carbons (Fsp3) is 0.286. The molecule has 3 N–H and O–H groups in total. The molecule has 6 nitrogen and oxygen atoms in total. The molecule has 0 aliphatic carbocycles. The molecule has 23 heavy (non-hydrogen) atoms. The van der Waals surface area contributed by atoms with Crippen molar-refractivity contribution < 1.29 is 22.4 Å². The largest absolute Gasteiger partial charge is 0.469 e. The third kappa shape index (κ3) is 4.63. The number of H-pyrrole nitrogens is 1. The third-order valence-electron chi connectivity index (χ3n) is 2.94. The molecule has 2 rings (SSSR count). The first-order valence-electron chi connectivity index (χ1n) is 6.65. The number of anilines is 1. The fourth-order valence-corrected chi connectivity index (χ4v) is 1.90. The zero-order chi connectivity index (χ0) is 17.0. The van der Waals surface area contributed by atoms with Gasteiger partial charge in [0.1, 0.15) is 11.4 Å². The Morgan fingerprint density at radius 3 is 2.78 bits per heavy atom. The van der Waals surface area contributed by atoms with Gasteiger partial charge in [-0.15, -0.1) is 0 Å². The van der Waals surface area contributed by atoms with E-state index in [9.17, 15) is 22.8 Å². The zero-order valence-corrected chi connectivity index (χ0v) is 12.0. The number of urea groups is 1. The van der Waals surface area contributed by atoms with Gasteiger partial charge in [0.25, 0.3) is 5.56 Å². The van der Waals surface area contributed by atoms with Crippen molar-refractivity contribution in [2.75, 3.05) is 5.32 Å². The second kappa shape index (κ2) is 6.59. The number of nitrogens with one attached hydrogen (secondary N) is 3. The van der Waals surface area contributed by atoms with Gasteiger partial charge in [-0.3, -0.25) is 4.79 Å². The number of aromatic amines is 1. The molecule has 2 aromatic rings. The van der Waals surface area contributed by atoms with Gasteiger partial charge in [-0.1, -0.05) is 0 Å². The van der Waals surface area contributed by atoms with Gasteiger partial charge in [-0.2, -0.15) is 13.2 Å². The lowest BCUT2D eigenvalue weighted by molar-refractivity contribution is -0.137. The molecule has 2 aromatic heterocycles. The lowest BCUT2D eigenvalue weighted by Gasteiger charge is -2.14. The maximum absolute atomic E-state index is 12.6. The van der Waals surface area contributed by atoms with Gasteiger partial charge in [0, 0.05) is 18.7 Å². The Hall–Kier alpha value is -2.71. The van der Waals surface area contributed by atoms with E-state index in [1.165, 1.54) is 6.26 Å². The number of carbonyl (C=O) groups excluding carboxylic acids is 1. The summed E-state index contributed by atoms with van der Waals surface area (Å²) in [5.41, 5.74) is -2.37. The van der Waals surface area contributed by atoms with E-state index in [0.717, 1.165) is 0 Å². The van der Waals surface area contributed by atoms with Gasteiger partial charge in [0.2, 0.25) is 0 Å². The summed E-state index contributed by atoms with van der Waals surface area (Å²) in [4.78, 5) is 25.2. The maximum Gasteiger partial charge on any atom is 0.417 e. The normalized spacial score (nSPS) is 12.7. The lowest BCUT2D eigenvalue weighted by Crippen LogP contribution is -2.38. The first-order chi connectivity index (χ1) is 10.8. The van der Waals surface area contributed by atoms with Crippen LogP contribution in [-0.2, 0) is 12.6 Å². The monoisotopic (exact) mass is 329 g/mol. The van der Waals surface area contributed by atoms with Gasteiger partial charge < -0.3 is 20.0 Å². The fourth-order valence-electron chi connectivity index (χ4n) is 1.90. The molecule has 124 valence electrons. The predicted octanol–water partition coefficient (Wildman–Crippen LogP) is 2.74. The topological polar surface area (TPSA) is 87.1 Å². The molecule has 0 bridgehead atoms. The number of alkyl halides is 3. The molecule has 0 aromatic carbocycles. The van der Waals surface area contributed by atoms with Gasteiger partial charge in [-0.05, 0) is 25.1 Å². The first-order valence-corrected chi connectivity index (χ1v) is 6.65. The van der Waals surface area contributed by atoms with E-state index >= 15 is 0 Å². The van der Waals surface area contributed by atoms with Gasteiger partial charge >= 0.3 is 12.2 Å². The number of carbonyl (C=O) groups is 1. The number of hydrogen-bond acceptors (Lipinski definition) is 3. The molecular formula is C14H14F3N3O3. The van der Waals surface area contributed by atoms with Crippen LogP contribution in [0.1, 0.15) is 18.2 Å². The van der Waals surface area contributed by atoms with Crippen LogP contribution >= 0.6 is 0 Å². The molecule has 0 saturated carbocycles. The Labute approximate surface area is 128 Å². The van der Waals surface area contributed by atoms with Crippen LogP contribution < -0.4 is 16.2 Å². The van der Waals surface area contributed by atoms with Crippen LogP contribution in [0, 0.1) is 0 Å². The highest BCUT2D eigenvalue weighted by atomic mass is 19.4. The molecule has 2 amide bonds. The van der Waals surface area contributed by atoms with Crippen LogP contribution in [0.25, 0.3) is 0 Å². The highest BCUT2D eigenvalue weighted by molar-refractivity contribution is 5.89. The Morgan fingerprint density at radius 1 is 1.43 bits per heavy atom. The van der Waals surface area contributed by atoms with E-state index in [1.54, 1.807) is 19.1 Å². The van der Waals surface area contributed by atoms with Crippen LogP contribution in [0.4, 0.5) is 23.7 Å². The molecule has 2 heterocycles. The summed E-state index contributed by atoms with van der Waals surface area (Å²) in [5.74, 6) is 0.648. The summed E-state index contributed by atoms with van der Waals surface area (Å²) in [6.45, 7) is 1.69. The number of aromatic nitrogens is 1. The SMILES string of the molecule is C[C@@H](Cc1ccco1)NC(=O)Nc1cc(C(F)(F)F)c[nH]c1=O. The number of furan rings is 1. The van der Waals surface area contributed by atoms with E-state index in [4.69, 9.17) is 4.42 Å². The summed E-state index contributed by atoms with van der Waals surface area (Å²) in [7, 11) is 0. The molecule has 0 unspecified atom stereocenters. The Kier molecular flexibility index (Phi) is 4.77. The molecule has 9 heteroatoms. The summed E-state index contributed by atoms with van der Waals surface area (Å²) in [5, 5.41) is 4.62. The van der Waals surface area contributed by atoms with E-state index in [2.05, 4.69) is 10.6 Å². The van der Waals surface area contributed by atoms with E-state index in [0.29, 0.717) is 24.4 Å². The molecule has 0 radical (unpaired) electrons. The minimum absolute atomic E-state index is 0.342. The van der Waals surface area contributed by atoms with Crippen molar-refractivity contribution in [3.05, 3.63) is 52.3 Å². The van der Waals surface area contributed by atoms with Crippen molar-refractivity contribution in [2.45, 2.75) is 25.6 Å². The third-order valence-corrected chi connectivity index (χ3v) is 2.94. The molecule has 0 fully saturated rings.